The van der Waals surface area contributed by atoms with Gasteiger partial charge in [0.05, 0.1) is 0 Å². The van der Waals surface area contributed by atoms with Crippen molar-refractivity contribution in [1.82, 2.24) is 14.8 Å². The number of aromatic nitrogens is 3. The van der Waals surface area contributed by atoms with Crippen molar-refractivity contribution in [1.29, 1.82) is 0 Å². The molecule has 3 N–H and O–H groups in total. The number of hydrogen-bond donors (Lipinski definition) is 2. The first-order chi connectivity index (χ1) is 9.65. The maximum Gasteiger partial charge on any atom is 0.344 e. The lowest BCUT2D eigenvalue weighted by molar-refractivity contribution is 0.626. The smallest absolute Gasteiger partial charge is 0.323 e. The highest BCUT2D eigenvalue weighted by molar-refractivity contribution is 7.99. The molecule has 1 aromatic carbocycles. The van der Waals surface area contributed by atoms with Crippen LogP contribution in [0.2, 0.25) is 0 Å². The van der Waals surface area contributed by atoms with Crippen molar-refractivity contribution in [3.63, 3.8) is 0 Å². The molecular formula is C13H15FN4OS. The van der Waals surface area contributed by atoms with E-state index in [1.165, 1.54) is 23.9 Å². The number of halogens is 1. The molecule has 0 spiro atoms. The van der Waals surface area contributed by atoms with Gasteiger partial charge in [-0.05, 0) is 30.5 Å². The highest BCUT2D eigenvalue weighted by Gasteiger charge is 2.28. The van der Waals surface area contributed by atoms with Crippen molar-refractivity contribution in [2.45, 2.75) is 30.1 Å². The molecule has 106 valence electrons. The van der Waals surface area contributed by atoms with E-state index >= 15 is 0 Å². The fourth-order valence-electron chi connectivity index (χ4n) is 2.02. The standard InChI is InChI=1S/C13H15FN4OS/c14-9-3-1-8(2-4-9)11(15)7-20-13-17-16-12(19)18(13)10-5-6-10/h1-4,10-11H,5-7,15H2,(H,16,19). The molecule has 1 fully saturated rings. The second-order valence-electron chi connectivity index (χ2n) is 4.88. The second kappa shape index (κ2) is 5.41. The van der Waals surface area contributed by atoms with Gasteiger partial charge in [-0.1, -0.05) is 23.9 Å². The predicted molar refractivity (Wildman–Crippen MR) is 75.2 cm³/mol. The van der Waals surface area contributed by atoms with Crippen molar-refractivity contribution < 1.29 is 4.39 Å². The Morgan fingerprint density at radius 3 is 2.80 bits per heavy atom. The maximum absolute atomic E-state index is 12.9. The molecular weight excluding hydrogens is 279 g/mol. The van der Waals surface area contributed by atoms with Gasteiger partial charge >= 0.3 is 5.69 Å². The summed E-state index contributed by atoms with van der Waals surface area (Å²) >= 11 is 1.45. The lowest BCUT2D eigenvalue weighted by atomic mass is 10.1. The molecule has 1 unspecified atom stereocenters. The van der Waals surface area contributed by atoms with Gasteiger partial charge in [-0.15, -0.1) is 5.10 Å². The Bertz CT molecular complexity index is 647. The first-order valence-electron chi connectivity index (χ1n) is 6.46. The van der Waals surface area contributed by atoms with Gasteiger partial charge in [-0.3, -0.25) is 4.57 Å². The number of H-pyrrole nitrogens is 1. The average molecular weight is 294 g/mol. The monoisotopic (exact) mass is 294 g/mol. The zero-order chi connectivity index (χ0) is 14.1. The van der Waals surface area contributed by atoms with Crippen molar-refractivity contribution in [2.24, 2.45) is 5.73 Å². The molecule has 1 aliphatic rings. The third-order valence-corrected chi connectivity index (χ3v) is 4.35. The highest BCUT2D eigenvalue weighted by atomic mass is 32.2. The summed E-state index contributed by atoms with van der Waals surface area (Å²) in [7, 11) is 0. The van der Waals surface area contributed by atoms with Crippen LogP contribution < -0.4 is 11.4 Å². The van der Waals surface area contributed by atoms with Gasteiger partial charge in [0.1, 0.15) is 5.82 Å². The third-order valence-electron chi connectivity index (χ3n) is 3.27. The van der Waals surface area contributed by atoms with Crippen LogP contribution in [0.1, 0.15) is 30.5 Å². The second-order valence-corrected chi connectivity index (χ2v) is 5.87. The lowest BCUT2D eigenvalue weighted by Gasteiger charge is -2.11. The van der Waals surface area contributed by atoms with Crippen LogP contribution in [-0.4, -0.2) is 20.5 Å². The van der Waals surface area contributed by atoms with Crippen molar-refractivity contribution in [3.05, 3.63) is 46.1 Å². The summed E-state index contributed by atoms with van der Waals surface area (Å²) in [4.78, 5) is 11.6. The Kier molecular flexibility index (Phi) is 3.62. The number of hydrogen-bond acceptors (Lipinski definition) is 4. The van der Waals surface area contributed by atoms with Gasteiger partial charge in [-0.2, -0.15) is 0 Å². The van der Waals surface area contributed by atoms with Crippen molar-refractivity contribution in [2.75, 3.05) is 5.75 Å². The molecule has 1 aromatic heterocycles. The molecule has 3 rings (SSSR count). The van der Waals surface area contributed by atoms with E-state index in [4.69, 9.17) is 5.73 Å². The van der Waals surface area contributed by atoms with Crippen LogP contribution in [0, 0.1) is 5.82 Å². The third kappa shape index (κ3) is 2.78. The number of nitrogens with zero attached hydrogens (tertiary/aromatic N) is 2. The van der Waals surface area contributed by atoms with E-state index in [1.807, 2.05) is 0 Å². The van der Waals surface area contributed by atoms with E-state index in [2.05, 4.69) is 10.2 Å². The fourth-order valence-corrected chi connectivity index (χ4v) is 3.02. The van der Waals surface area contributed by atoms with Crippen LogP contribution >= 0.6 is 11.8 Å². The van der Waals surface area contributed by atoms with E-state index < -0.39 is 0 Å². The SMILES string of the molecule is NC(CSc1n[nH]c(=O)n1C1CC1)c1ccc(F)cc1. The van der Waals surface area contributed by atoms with Crippen LogP contribution in [0.25, 0.3) is 0 Å². The zero-order valence-corrected chi connectivity index (χ0v) is 11.6. The quantitative estimate of drug-likeness (QED) is 0.825. The van der Waals surface area contributed by atoms with Gasteiger partial charge in [0.2, 0.25) is 0 Å². The summed E-state index contributed by atoms with van der Waals surface area (Å²) in [6, 6.07) is 6.21. The summed E-state index contributed by atoms with van der Waals surface area (Å²) in [5.41, 5.74) is 6.78. The molecule has 0 radical (unpaired) electrons. The van der Waals surface area contributed by atoms with Crippen LogP contribution in [0.5, 0.6) is 0 Å². The van der Waals surface area contributed by atoms with E-state index in [9.17, 15) is 9.18 Å². The van der Waals surface area contributed by atoms with Crippen LogP contribution in [0.15, 0.2) is 34.2 Å². The van der Waals surface area contributed by atoms with Gasteiger partial charge in [0.15, 0.2) is 5.16 Å². The molecule has 20 heavy (non-hydrogen) atoms. The molecule has 1 aliphatic carbocycles. The number of thioether (sulfide) groups is 1. The van der Waals surface area contributed by atoms with Crippen molar-refractivity contribution in [3.8, 4) is 0 Å². The van der Waals surface area contributed by atoms with Crippen LogP contribution in [-0.2, 0) is 0 Å². The molecule has 0 amide bonds. The molecule has 5 nitrogen and oxygen atoms in total. The minimum absolute atomic E-state index is 0.162. The first kappa shape index (κ1) is 13.4. The minimum Gasteiger partial charge on any atom is -0.323 e. The maximum atomic E-state index is 12.9. The Labute approximate surface area is 119 Å². The minimum atomic E-state index is -0.275. The number of aromatic amines is 1. The van der Waals surface area contributed by atoms with E-state index in [-0.39, 0.29) is 23.6 Å². The number of nitrogens with one attached hydrogen (secondary N) is 1. The highest BCUT2D eigenvalue weighted by Crippen LogP contribution is 2.36. The molecule has 0 saturated heterocycles. The molecule has 7 heteroatoms. The van der Waals surface area contributed by atoms with E-state index in [0.717, 1.165) is 18.4 Å². The molecule has 1 atom stereocenters. The van der Waals surface area contributed by atoms with E-state index in [1.54, 1.807) is 16.7 Å². The lowest BCUT2D eigenvalue weighted by Crippen LogP contribution is -2.17. The normalized spacial score (nSPS) is 16.3. The Hall–Kier alpha value is -1.60. The van der Waals surface area contributed by atoms with E-state index in [0.29, 0.717) is 10.9 Å². The Morgan fingerprint density at radius 1 is 1.45 bits per heavy atom. The molecule has 1 saturated carbocycles. The summed E-state index contributed by atoms with van der Waals surface area (Å²) in [5, 5.41) is 7.18. The number of nitrogens with two attached hydrogens (primary N) is 1. The average Bonchev–Trinajstić information content (AvgIpc) is 3.21. The summed E-state index contributed by atoms with van der Waals surface area (Å²) in [6.45, 7) is 0. The molecule has 2 aromatic rings. The summed E-state index contributed by atoms with van der Waals surface area (Å²) < 4.78 is 14.6. The van der Waals surface area contributed by atoms with Crippen LogP contribution in [0.4, 0.5) is 4.39 Å². The number of benzene rings is 1. The van der Waals surface area contributed by atoms with Gasteiger partial charge in [0, 0.05) is 17.8 Å². The molecule has 1 heterocycles. The Balaban J connectivity index is 1.67. The van der Waals surface area contributed by atoms with Gasteiger partial charge in [0.25, 0.3) is 0 Å². The fraction of sp³-hybridized carbons (Fsp3) is 0.385. The summed E-state index contributed by atoms with van der Waals surface area (Å²) in [6.07, 6.45) is 2.05. The number of rotatable bonds is 5. The van der Waals surface area contributed by atoms with Crippen molar-refractivity contribution >= 4 is 11.8 Å². The van der Waals surface area contributed by atoms with Gasteiger partial charge in [-0.25, -0.2) is 14.3 Å². The summed E-state index contributed by atoms with van der Waals surface area (Å²) in [5.74, 6) is 0.311. The van der Waals surface area contributed by atoms with Crippen LogP contribution in [0.3, 0.4) is 0 Å². The molecule has 0 aliphatic heterocycles. The Morgan fingerprint density at radius 2 is 2.15 bits per heavy atom. The zero-order valence-electron chi connectivity index (χ0n) is 10.8. The predicted octanol–water partition coefficient (Wildman–Crippen LogP) is 1.84. The molecule has 0 bridgehead atoms. The van der Waals surface area contributed by atoms with Gasteiger partial charge < -0.3 is 5.73 Å². The largest absolute Gasteiger partial charge is 0.344 e. The first-order valence-corrected chi connectivity index (χ1v) is 7.44. The topological polar surface area (TPSA) is 76.7 Å².